The molecular formula is C33H53Cl2N5O6. The van der Waals surface area contributed by atoms with Gasteiger partial charge in [0, 0.05) is 49.2 Å². The van der Waals surface area contributed by atoms with Crippen LogP contribution in [0.1, 0.15) is 49.7 Å². The quantitative estimate of drug-likeness (QED) is 0.264. The van der Waals surface area contributed by atoms with Crippen LogP contribution in [-0.4, -0.2) is 101 Å². The molecule has 1 aromatic heterocycles. The van der Waals surface area contributed by atoms with E-state index < -0.39 is 0 Å². The average molecular weight is 687 g/mol. The number of aromatic nitrogens is 1. The van der Waals surface area contributed by atoms with Gasteiger partial charge in [-0.2, -0.15) is 0 Å². The third-order valence-corrected chi connectivity index (χ3v) is 8.70. The Morgan fingerprint density at radius 2 is 1.57 bits per heavy atom. The Morgan fingerprint density at radius 1 is 0.891 bits per heavy atom. The summed E-state index contributed by atoms with van der Waals surface area (Å²) in [6.45, 7) is 5.16. The Morgan fingerprint density at radius 3 is 2.28 bits per heavy atom. The number of fused-ring (bicyclic) bond motifs is 1. The van der Waals surface area contributed by atoms with Crippen LogP contribution in [0.4, 0.5) is 0 Å². The van der Waals surface area contributed by atoms with E-state index in [0.29, 0.717) is 38.4 Å². The van der Waals surface area contributed by atoms with Gasteiger partial charge in [-0.1, -0.05) is 42.8 Å². The molecule has 46 heavy (non-hydrogen) atoms. The van der Waals surface area contributed by atoms with Gasteiger partial charge in [-0.3, -0.25) is 14.5 Å². The Hall–Kier alpha value is -2.90. The number of aromatic amines is 1. The van der Waals surface area contributed by atoms with Crippen molar-refractivity contribution in [3.63, 3.8) is 0 Å². The molecule has 13 heteroatoms. The molecule has 0 spiro atoms. The number of ether oxygens (including phenoxy) is 1. The zero-order valence-corrected chi connectivity index (χ0v) is 28.3. The van der Waals surface area contributed by atoms with E-state index in [9.17, 15) is 9.59 Å². The number of piperidine rings is 2. The van der Waals surface area contributed by atoms with Crippen molar-refractivity contribution in [3.05, 3.63) is 65.9 Å². The lowest BCUT2D eigenvalue weighted by Crippen LogP contribution is -2.51. The van der Waals surface area contributed by atoms with Gasteiger partial charge in [0.25, 0.3) is 0 Å². The van der Waals surface area contributed by atoms with E-state index in [-0.39, 0.29) is 59.1 Å². The van der Waals surface area contributed by atoms with Crippen LogP contribution in [0.3, 0.4) is 0 Å². The highest BCUT2D eigenvalue weighted by Crippen LogP contribution is 2.22. The van der Waals surface area contributed by atoms with Crippen LogP contribution in [0, 0.1) is 0 Å². The molecule has 0 radical (unpaired) electrons. The largest absolute Gasteiger partial charge is 0.496 e. The number of carbonyl (C=O) groups is 2. The summed E-state index contributed by atoms with van der Waals surface area (Å²) in [6, 6.07) is 16.4. The molecule has 2 amide bonds. The maximum absolute atomic E-state index is 13.2. The highest BCUT2D eigenvalue weighted by molar-refractivity contribution is 5.86. The smallest absolute Gasteiger partial charge is 0.234 e. The fourth-order valence-electron chi connectivity index (χ4n) is 6.43. The lowest BCUT2D eigenvalue weighted by atomic mass is 10.00. The van der Waals surface area contributed by atoms with Crippen LogP contribution in [0.5, 0.6) is 5.75 Å². The molecule has 9 N–H and O–H groups in total. The van der Waals surface area contributed by atoms with E-state index in [1.165, 1.54) is 32.4 Å². The summed E-state index contributed by atoms with van der Waals surface area (Å²) < 4.78 is 5.42. The van der Waals surface area contributed by atoms with Crippen molar-refractivity contribution >= 4 is 47.5 Å². The van der Waals surface area contributed by atoms with E-state index in [1.807, 2.05) is 42.6 Å². The monoisotopic (exact) mass is 685 g/mol. The first-order valence-electron chi connectivity index (χ1n) is 15.3. The maximum Gasteiger partial charge on any atom is 0.234 e. The summed E-state index contributed by atoms with van der Waals surface area (Å²) >= 11 is 0. The molecule has 11 nitrogen and oxygen atoms in total. The molecule has 2 saturated heterocycles. The third kappa shape index (κ3) is 12.0. The van der Waals surface area contributed by atoms with Crippen LogP contribution in [0.2, 0.25) is 0 Å². The third-order valence-electron chi connectivity index (χ3n) is 8.70. The molecule has 2 aliphatic rings. The molecule has 2 fully saturated rings. The molecular weight excluding hydrogens is 633 g/mol. The number of methoxy groups -OCH3 is 1. The van der Waals surface area contributed by atoms with Crippen LogP contribution < -0.4 is 15.4 Å². The number of rotatable bonds is 12. The van der Waals surface area contributed by atoms with E-state index in [4.69, 9.17) is 4.74 Å². The summed E-state index contributed by atoms with van der Waals surface area (Å²) in [5.74, 6) is 0.785. The number of hydrogen-bond donors (Lipinski definition) is 3. The van der Waals surface area contributed by atoms with Crippen molar-refractivity contribution in [3.8, 4) is 5.75 Å². The summed E-state index contributed by atoms with van der Waals surface area (Å²) in [7, 11) is 1.65. The molecule has 0 bridgehead atoms. The number of nitrogens with one attached hydrogen (secondary N) is 3. The van der Waals surface area contributed by atoms with Gasteiger partial charge in [0.2, 0.25) is 11.8 Å². The van der Waals surface area contributed by atoms with Crippen LogP contribution >= 0.6 is 24.8 Å². The van der Waals surface area contributed by atoms with E-state index in [2.05, 4.69) is 37.6 Å². The fourth-order valence-corrected chi connectivity index (χ4v) is 6.43. The van der Waals surface area contributed by atoms with Crippen LogP contribution in [-0.2, 0) is 22.4 Å². The van der Waals surface area contributed by atoms with Gasteiger partial charge in [0.15, 0.2) is 0 Å². The minimum atomic E-state index is -0.206. The molecule has 1 atom stereocenters. The molecule has 3 heterocycles. The zero-order chi connectivity index (χ0) is 28.4. The minimum Gasteiger partial charge on any atom is -0.496 e. The summed E-state index contributed by atoms with van der Waals surface area (Å²) in [6.07, 6.45) is 9.87. The van der Waals surface area contributed by atoms with E-state index in [0.717, 1.165) is 53.7 Å². The Balaban J connectivity index is 0.00000405. The van der Waals surface area contributed by atoms with Gasteiger partial charge in [0.1, 0.15) is 5.75 Å². The molecule has 0 aliphatic carbocycles. The predicted octanol–water partition coefficient (Wildman–Crippen LogP) is 2.27. The number of aryl methyl sites for hydroxylation is 1. The highest BCUT2D eigenvalue weighted by atomic mass is 35.5. The second-order valence-electron chi connectivity index (χ2n) is 11.5. The van der Waals surface area contributed by atoms with E-state index in [1.54, 1.807) is 7.11 Å². The van der Waals surface area contributed by atoms with Gasteiger partial charge < -0.3 is 41.7 Å². The standard InChI is InChI=1S/C33H45N5O3.2ClH.3H2O/c1-41-31-12-6-3-9-25(31)13-14-32(39)35-23-27(21-26-22-34-30-11-5-4-10-29(26)30)36-33(40)24-37-19-15-28(16-20-37)38-17-7-2-8-18-38;;;;;/h3-6,9-12,22,27-28,34H,2,7-8,13-21,23-24H2,1H3,(H,35,39)(H,36,40);2*1H;3*1H2/t27-;;;;;/m1...../s1. The number of amides is 2. The SMILES string of the molecule is COc1ccccc1CCC(=O)NC[C@@H](Cc1c[nH]c2ccccc12)NC(=O)CN1CCC(N2CCCCC2)CC1.Cl.Cl.O.O.O. The van der Waals surface area contributed by atoms with Crippen molar-refractivity contribution in [2.24, 2.45) is 0 Å². The number of H-pyrrole nitrogens is 1. The lowest BCUT2D eigenvalue weighted by molar-refractivity contribution is -0.124. The topological polar surface area (TPSA) is 184 Å². The van der Waals surface area contributed by atoms with Gasteiger partial charge in [-0.05, 0) is 74.9 Å². The minimum absolute atomic E-state index is 0. The van der Waals surface area contributed by atoms with Crippen LogP contribution in [0.15, 0.2) is 54.7 Å². The number of hydrogen-bond acceptors (Lipinski definition) is 5. The Kier molecular flexibility index (Phi) is 20.4. The molecule has 2 aromatic carbocycles. The lowest BCUT2D eigenvalue weighted by Gasteiger charge is -2.40. The molecule has 5 rings (SSSR count). The first-order chi connectivity index (χ1) is 20.1. The van der Waals surface area contributed by atoms with Crippen molar-refractivity contribution < 1.29 is 30.8 Å². The summed E-state index contributed by atoms with van der Waals surface area (Å²) in [5, 5.41) is 7.48. The normalized spacial score (nSPS) is 15.8. The molecule has 0 saturated carbocycles. The molecule has 3 aromatic rings. The number of nitrogens with zero attached hydrogens (tertiary/aromatic N) is 2. The second-order valence-corrected chi connectivity index (χ2v) is 11.5. The number of halogens is 2. The number of benzene rings is 2. The van der Waals surface area contributed by atoms with Gasteiger partial charge in [-0.15, -0.1) is 24.8 Å². The van der Waals surface area contributed by atoms with E-state index >= 15 is 0 Å². The summed E-state index contributed by atoms with van der Waals surface area (Å²) in [5.41, 5.74) is 3.22. The van der Waals surface area contributed by atoms with Crippen molar-refractivity contribution in [1.29, 1.82) is 0 Å². The first kappa shape index (κ1) is 43.1. The average Bonchev–Trinajstić information content (AvgIpc) is 3.42. The van der Waals surface area contributed by atoms with Crippen LogP contribution in [0.25, 0.3) is 10.9 Å². The first-order valence-corrected chi connectivity index (χ1v) is 15.3. The number of carbonyl (C=O) groups excluding carboxylic acids is 2. The fraction of sp³-hybridized carbons (Fsp3) is 0.515. The number of likely N-dealkylation sites (tertiary alicyclic amines) is 2. The highest BCUT2D eigenvalue weighted by Gasteiger charge is 2.27. The molecule has 260 valence electrons. The Labute approximate surface area is 284 Å². The van der Waals surface area contributed by atoms with Crippen molar-refractivity contribution in [2.45, 2.75) is 63.5 Å². The summed E-state index contributed by atoms with van der Waals surface area (Å²) in [4.78, 5) is 34.3. The van der Waals surface area contributed by atoms with Gasteiger partial charge >= 0.3 is 0 Å². The Bertz CT molecular complexity index is 1300. The van der Waals surface area contributed by atoms with Crippen molar-refractivity contribution in [2.75, 3.05) is 46.4 Å². The van der Waals surface area contributed by atoms with Gasteiger partial charge in [0.05, 0.1) is 19.7 Å². The maximum atomic E-state index is 13.2. The van der Waals surface area contributed by atoms with Gasteiger partial charge in [-0.25, -0.2) is 0 Å². The number of para-hydroxylation sites is 2. The molecule has 2 aliphatic heterocycles. The predicted molar refractivity (Wildman–Crippen MR) is 188 cm³/mol. The second kappa shape index (κ2) is 21.8. The zero-order valence-electron chi connectivity index (χ0n) is 26.7. The molecule has 0 unspecified atom stereocenters. The van der Waals surface area contributed by atoms with Crippen molar-refractivity contribution in [1.82, 2.24) is 25.4 Å².